The van der Waals surface area contributed by atoms with E-state index in [1.54, 1.807) is 0 Å². The van der Waals surface area contributed by atoms with Gasteiger partial charge in [0.15, 0.2) is 10.8 Å². The molecule has 2 aromatic heterocycles. The molecule has 33 heavy (non-hydrogen) atoms. The predicted octanol–water partition coefficient (Wildman–Crippen LogP) is -2.15. The Morgan fingerprint density at radius 3 is 2.67 bits per heavy atom. The van der Waals surface area contributed by atoms with E-state index in [9.17, 15) is 32.5 Å². The summed E-state index contributed by atoms with van der Waals surface area (Å²) in [6, 6.07) is -2.62. The van der Waals surface area contributed by atoms with Gasteiger partial charge >= 0.3 is 16.3 Å². The van der Waals surface area contributed by atoms with Gasteiger partial charge in [-0.15, -0.1) is 11.3 Å². The van der Waals surface area contributed by atoms with E-state index < -0.39 is 51.5 Å². The molecule has 2 amide bonds. The second kappa shape index (κ2) is 8.05. The van der Waals surface area contributed by atoms with Crippen molar-refractivity contribution in [1.82, 2.24) is 29.4 Å². The van der Waals surface area contributed by atoms with E-state index in [2.05, 4.69) is 25.5 Å². The molecular formula is C15H16N8O8S2. The van der Waals surface area contributed by atoms with E-state index in [4.69, 9.17) is 10.6 Å². The fourth-order valence-electron chi connectivity index (χ4n) is 3.06. The van der Waals surface area contributed by atoms with Crippen LogP contribution in [0.5, 0.6) is 0 Å². The molecule has 0 aromatic carbocycles. The highest BCUT2D eigenvalue weighted by molar-refractivity contribution is 7.84. The Labute approximate surface area is 188 Å². The average molecular weight is 500 g/mol. The molecule has 4 rings (SSSR count). The number of hydrogen-bond donors (Lipinski definition) is 4. The molecule has 1 aliphatic carbocycles. The van der Waals surface area contributed by atoms with Crippen molar-refractivity contribution in [1.29, 1.82) is 0 Å². The van der Waals surface area contributed by atoms with Gasteiger partial charge in [0, 0.05) is 18.2 Å². The number of nitrogens with one attached hydrogen (secondary N) is 1. The van der Waals surface area contributed by atoms with E-state index in [1.807, 2.05) is 0 Å². The number of aliphatic carboxylic acids is 1. The van der Waals surface area contributed by atoms with E-state index in [-0.39, 0.29) is 34.5 Å². The number of hydrogen-bond acceptors (Lipinski definition) is 12. The van der Waals surface area contributed by atoms with Crippen molar-refractivity contribution in [3.8, 4) is 0 Å². The first-order valence-corrected chi connectivity index (χ1v) is 11.4. The number of amides is 2. The fourth-order valence-corrected chi connectivity index (χ4v) is 4.48. The summed E-state index contributed by atoms with van der Waals surface area (Å²) in [7, 11) is -4.91. The molecule has 2 fully saturated rings. The summed E-state index contributed by atoms with van der Waals surface area (Å²) < 4.78 is 34.0. The van der Waals surface area contributed by atoms with Gasteiger partial charge < -0.3 is 21.0 Å². The van der Waals surface area contributed by atoms with Gasteiger partial charge in [0.2, 0.25) is 5.60 Å². The summed E-state index contributed by atoms with van der Waals surface area (Å²) in [5.41, 5.74) is 3.54. The summed E-state index contributed by atoms with van der Waals surface area (Å²) in [6.07, 6.45) is 2.80. The SMILES string of the molecule is Nc1nc(C(=NOC2(C(=O)O)CC2)C(=O)N[C@@H]2C(=O)N(S(=O)(=O)O)[C@@H]2Cn2cncn2)cs1. The Bertz CT molecular complexity index is 1240. The predicted molar refractivity (Wildman–Crippen MR) is 108 cm³/mol. The van der Waals surface area contributed by atoms with Crippen molar-refractivity contribution >= 4 is 50.3 Å². The molecule has 1 aliphatic heterocycles. The molecule has 16 nitrogen and oxygen atoms in total. The number of nitrogen functional groups attached to an aromatic ring is 1. The summed E-state index contributed by atoms with van der Waals surface area (Å²) in [5.74, 6) is -3.36. The molecule has 2 aliphatic rings. The molecule has 0 spiro atoms. The van der Waals surface area contributed by atoms with Crippen LogP contribution in [0, 0.1) is 0 Å². The largest absolute Gasteiger partial charge is 0.478 e. The Morgan fingerprint density at radius 2 is 2.15 bits per heavy atom. The number of oxime groups is 1. The number of thiazole rings is 1. The number of nitrogens with zero attached hydrogens (tertiary/aromatic N) is 6. The zero-order chi connectivity index (χ0) is 24.0. The van der Waals surface area contributed by atoms with Gasteiger partial charge in [0.25, 0.3) is 11.8 Å². The van der Waals surface area contributed by atoms with Crippen LogP contribution in [0.3, 0.4) is 0 Å². The van der Waals surface area contributed by atoms with Gasteiger partial charge in [0.05, 0.1) is 12.6 Å². The Kier molecular flexibility index (Phi) is 5.50. The van der Waals surface area contributed by atoms with E-state index in [1.165, 1.54) is 22.7 Å². The average Bonchev–Trinajstić information content (AvgIpc) is 3.12. The number of carbonyl (C=O) groups is 3. The summed E-state index contributed by atoms with van der Waals surface area (Å²) in [4.78, 5) is 49.4. The summed E-state index contributed by atoms with van der Waals surface area (Å²) in [6.45, 7) is -0.217. The summed E-state index contributed by atoms with van der Waals surface area (Å²) in [5, 5.41) is 20.5. The lowest BCUT2D eigenvalue weighted by atomic mass is 9.98. The number of aromatic nitrogens is 4. The molecule has 0 radical (unpaired) electrons. The van der Waals surface area contributed by atoms with Crippen LogP contribution in [0.2, 0.25) is 0 Å². The second-order valence-corrected chi connectivity index (χ2v) is 9.33. The van der Waals surface area contributed by atoms with Crippen molar-refractivity contribution < 1.29 is 37.3 Å². The smallest absolute Gasteiger partial charge is 0.362 e. The minimum absolute atomic E-state index is 0.0394. The molecule has 3 heterocycles. The van der Waals surface area contributed by atoms with Crippen LogP contribution < -0.4 is 11.1 Å². The first-order valence-electron chi connectivity index (χ1n) is 9.17. The van der Waals surface area contributed by atoms with Crippen molar-refractivity contribution in [3.05, 3.63) is 23.7 Å². The fraction of sp³-hybridized carbons (Fsp3) is 0.400. The van der Waals surface area contributed by atoms with Gasteiger partial charge in [-0.1, -0.05) is 5.16 Å². The molecule has 18 heteroatoms. The lowest BCUT2D eigenvalue weighted by molar-refractivity contribution is -0.153. The monoisotopic (exact) mass is 500 g/mol. The molecular weight excluding hydrogens is 484 g/mol. The maximum Gasteiger partial charge on any atom is 0.362 e. The van der Waals surface area contributed by atoms with Gasteiger partial charge in [-0.25, -0.2) is 19.1 Å². The van der Waals surface area contributed by atoms with Gasteiger partial charge in [-0.05, 0) is 0 Å². The van der Waals surface area contributed by atoms with Crippen molar-refractivity contribution in [2.24, 2.45) is 5.16 Å². The Balaban J connectivity index is 1.58. The van der Waals surface area contributed by atoms with Crippen molar-refractivity contribution in [2.75, 3.05) is 5.73 Å². The number of β-lactam (4-membered cyclic amide) rings is 1. The van der Waals surface area contributed by atoms with Crippen LogP contribution in [0.15, 0.2) is 23.2 Å². The van der Waals surface area contributed by atoms with E-state index in [0.29, 0.717) is 0 Å². The molecule has 1 saturated heterocycles. The van der Waals surface area contributed by atoms with Crippen molar-refractivity contribution in [2.45, 2.75) is 37.1 Å². The van der Waals surface area contributed by atoms with Gasteiger partial charge in [0.1, 0.15) is 24.4 Å². The normalized spacial score (nSPS) is 21.9. The Hall–Kier alpha value is -3.64. The van der Waals surface area contributed by atoms with Crippen LogP contribution in [-0.4, -0.2) is 83.3 Å². The summed E-state index contributed by atoms with van der Waals surface area (Å²) >= 11 is 0.980. The third-order valence-corrected chi connectivity index (χ3v) is 6.55. The third kappa shape index (κ3) is 4.34. The number of nitrogens with two attached hydrogens (primary N) is 1. The zero-order valence-electron chi connectivity index (χ0n) is 16.4. The van der Waals surface area contributed by atoms with E-state index >= 15 is 0 Å². The molecule has 5 N–H and O–H groups in total. The molecule has 0 unspecified atom stereocenters. The zero-order valence-corrected chi connectivity index (χ0v) is 18.1. The highest BCUT2D eigenvalue weighted by Gasteiger charge is 2.56. The minimum Gasteiger partial charge on any atom is -0.478 e. The van der Waals surface area contributed by atoms with Gasteiger partial charge in [-0.2, -0.15) is 13.5 Å². The third-order valence-electron chi connectivity index (χ3n) is 4.93. The maximum absolute atomic E-state index is 13.0. The van der Waals surface area contributed by atoms with Crippen LogP contribution >= 0.6 is 11.3 Å². The van der Waals surface area contributed by atoms with Crippen LogP contribution in [0.25, 0.3) is 0 Å². The molecule has 2 aromatic rings. The highest BCUT2D eigenvalue weighted by Crippen LogP contribution is 2.40. The molecule has 1 saturated carbocycles. The number of rotatable bonds is 9. The molecule has 2 atom stereocenters. The number of carboxylic acid groups (broad SMARTS) is 1. The molecule has 176 valence electrons. The molecule has 0 bridgehead atoms. The minimum atomic E-state index is -4.91. The van der Waals surface area contributed by atoms with Crippen LogP contribution in [0.4, 0.5) is 5.13 Å². The van der Waals surface area contributed by atoms with Crippen LogP contribution in [-0.2, 0) is 36.1 Å². The lowest BCUT2D eigenvalue weighted by Crippen LogP contribution is -2.73. The quantitative estimate of drug-likeness (QED) is 0.125. The second-order valence-electron chi connectivity index (χ2n) is 7.15. The first-order chi connectivity index (χ1) is 15.5. The van der Waals surface area contributed by atoms with Gasteiger partial charge in [-0.3, -0.25) is 18.8 Å². The topological polar surface area (TPSA) is 232 Å². The van der Waals surface area contributed by atoms with Crippen LogP contribution in [0.1, 0.15) is 18.5 Å². The number of carbonyl (C=O) groups excluding carboxylic acids is 2. The highest BCUT2D eigenvalue weighted by atomic mass is 32.2. The number of carboxylic acids is 1. The maximum atomic E-state index is 13.0. The number of anilines is 1. The van der Waals surface area contributed by atoms with E-state index in [0.717, 1.165) is 11.3 Å². The van der Waals surface area contributed by atoms with Crippen molar-refractivity contribution in [3.63, 3.8) is 0 Å². The first kappa shape index (κ1) is 22.6. The standard InChI is InChI=1S/C15H16N8O8S2/c16-14-19-7(4-32-14)9(21-31-15(1-2-15)13(26)27)11(24)20-10-8(3-22-6-17-5-18-22)23(12(10)25)33(28,29)30/h4-6,8,10H,1-3H2,(H2,16,19)(H,20,24)(H,26,27)(H,28,29,30)/t8-,10+/m1/s1. The Morgan fingerprint density at radius 1 is 1.42 bits per heavy atom. The lowest BCUT2D eigenvalue weighted by Gasteiger charge is -2.43.